The van der Waals surface area contributed by atoms with Gasteiger partial charge < -0.3 is 15.0 Å². The van der Waals surface area contributed by atoms with E-state index in [9.17, 15) is 14.0 Å². The maximum atomic E-state index is 13.1. The fourth-order valence-electron chi connectivity index (χ4n) is 3.82. The number of carbonyl (C=O) groups excluding carboxylic acids is 2. The van der Waals surface area contributed by atoms with Gasteiger partial charge in [-0.1, -0.05) is 18.5 Å². The van der Waals surface area contributed by atoms with Crippen molar-refractivity contribution in [2.45, 2.75) is 26.2 Å². The van der Waals surface area contributed by atoms with E-state index in [4.69, 9.17) is 16.3 Å². The standard InChI is InChI=1S/C26H30ClFN2O3/c1-2-17-33-24-9-6-22(27)18-21(24)5-10-25(31)29-13-16-30-14-11-20(12-15-30)26(32)19-3-7-23(28)8-4-19/h3-10,18,20H,2,11-17H2,1H3,(H,29,31)/b10-5+. The smallest absolute Gasteiger partial charge is 0.244 e. The first-order chi connectivity index (χ1) is 16.0. The Morgan fingerprint density at radius 2 is 1.91 bits per heavy atom. The van der Waals surface area contributed by atoms with Crippen LogP contribution in [0.1, 0.15) is 42.1 Å². The summed E-state index contributed by atoms with van der Waals surface area (Å²) >= 11 is 6.07. The van der Waals surface area contributed by atoms with Crippen LogP contribution in [0.25, 0.3) is 6.08 Å². The first kappa shape index (κ1) is 24.9. The number of halogens is 2. The van der Waals surface area contributed by atoms with Crippen LogP contribution in [0.4, 0.5) is 4.39 Å². The number of amides is 1. The van der Waals surface area contributed by atoms with E-state index in [0.29, 0.717) is 29.5 Å². The minimum absolute atomic E-state index is 0.0361. The second kappa shape index (κ2) is 12.5. The molecule has 2 aromatic carbocycles. The molecule has 33 heavy (non-hydrogen) atoms. The van der Waals surface area contributed by atoms with Crippen molar-refractivity contribution in [2.24, 2.45) is 5.92 Å². The number of hydrogen-bond donors (Lipinski definition) is 1. The molecule has 1 heterocycles. The largest absolute Gasteiger partial charge is 0.493 e. The molecule has 0 atom stereocenters. The van der Waals surface area contributed by atoms with E-state index >= 15 is 0 Å². The molecule has 1 aliphatic rings. The highest BCUT2D eigenvalue weighted by Gasteiger charge is 2.25. The van der Waals surface area contributed by atoms with Crippen LogP contribution in [0.2, 0.25) is 5.02 Å². The lowest BCUT2D eigenvalue weighted by Crippen LogP contribution is -2.40. The van der Waals surface area contributed by atoms with E-state index in [2.05, 4.69) is 10.2 Å². The van der Waals surface area contributed by atoms with Crippen LogP contribution in [-0.2, 0) is 4.79 Å². The molecular weight excluding hydrogens is 443 g/mol. The monoisotopic (exact) mass is 472 g/mol. The number of nitrogens with one attached hydrogen (secondary N) is 1. The summed E-state index contributed by atoms with van der Waals surface area (Å²) in [4.78, 5) is 27.1. The Hall–Kier alpha value is -2.70. The molecule has 7 heteroatoms. The molecular formula is C26H30ClFN2O3. The summed E-state index contributed by atoms with van der Waals surface area (Å²) in [7, 11) is 0. The summed E-state index contributed by atoms with van der Waals surface area (Å²) in [6.07, 6.45) is 5.61. The van der Waals surface area contributed by atoms with Crippen LogP contribution >= 0.6 is 11.6 Å². The maximum Gasteiger partial charge on any atom is 0.244 e. The lowest BCUT2D eigenvalue weighted by molar-refractivity contribution is -0.116. The van der Waals surface area contributed by atoms with Crippen LogP contribution in [0.3, 0.4) is 0 Å². The van der Waals surface area contributed by atoms with Crippen LogP contribution in [0.5, 0.6) is 5.75 Å². The molecule has 0 aromatic heterocycles. The maximum absolute atomic E-state index is 13.1. The van der Waals surface area contributed by atoms with Crippen LogP contribution in [0.15, 0.2) is 48.5 Å². The van der Waals surface area contributed by atoms with Crippen molar-refractivity contribution >= 4 is 29.4 Å². The number of rotatable bonds is 10. The summed E-state index contributed by atoms with van der Waals surface area (Å²) in [5.74, 6) is 0.222. The van der Waals surface area contributed by atoms with E-state index in [-0.39, 0.29) is 23.4 Å². The van der Waals surface area contributed by atoms with Crippen molar-refractivity contribution in [3.63, 3.8) is 0 Å². The lowest BCUT2D eigenvalue weighted by Gasteiger charge is -2.31. The van der Waals surface area contributed by atoms with Gasteiger partial charge in [-0.15, -0.1) is 0 Å². The summed E-state index contributed by atoms with van der Waals surface area (Å²) < 4.78 is 18.8. The minimum atomic E-state index is -0.337. The van der Waals surface area contributed by atoms with E-state index in [1.807, 2.05) is 6.92 Å². The van der Waals surface area contributed by atoms with Gasteiger partial charge >= 0.3 is 0 Å². The minimum Gasteiger partial charge on any atom is -0.493 e. The first-order valence-electron chi connectivity index (χ1n) is 11.4. The summed E-state index contributed by atoms with van der Waals surface area (Å²) in [6, 6.07) is 11.1. The average Bonchev–Trinajstić information content (AvgIpc) is 2.82. The van der Waals surface area contributed by atoms with Crippen molar-refractivity contribution in [1.82, 2.24) is 10.2 Å². The van der Waals surface area contributed by atoms with Gasteiger partial charge in [0.25, 0.3) is 0 Å². The average molecular weight is 473 g/mol. The molecule has 0 aliphatic carbocycles. The molecule has 1 N–H and O–H groups in total. The normalized spacial score (nSPS) is 15.0. The quantitative estimate of drug-likeness (QED) is 0.391. The zero-order chi connectivity index (χ0) is 23.6. The van der Waals surface area contributed by atoms with Gasteiger partial charge in [-0.3, -0.25) is 9.59 Å². The van der Waals surface area contributed by atoms with Gasteiger partial charge in [0.2, 0.25) is 5.91 Å². The third-order valence-electron chi connectivity index (χ3n) is 5.66. The van der Waals surface area contributed by atoms with Gasteiger partial charge in [-0.25, -0.2) is 4.39 Å². The topological polar surface area (TPSA) is 58.6 Å². The predicted octanol–water partition coefficient (Wildman–Crippen LogP) is 4.99. The van der Waals surface area contributed by atoms with E-state index < -0.39 is 0 Å². The van der Waals surface area contributed by atoms with Gasteiger partial charge in [0.15, 0.2) is 5.78 Å². The third kappa shape index (κ3) is 7.69. The number of likely N-dealkylation sites (tertiary alicyclic amines) is 1. The highest BCUT2D eigenvalue weighted by molar-refractivity contribution is 6.30. The molecule has 0 unspecified atom stereocenters. The van der Waals surface area contributed by atoms with Gasteiger partial charge in [0.1, 0.15) is 11.6 Å². The second-order valence-electron chi connectivity index (χ2n) is 8.14. The number of Topliss-reactive ketones (excluding diaryl/α,β-unsaturated/α-hetero) is 1. The summed E-state index contributed by atoms with van der Waals surface area (Å²) in [5.41, 5.74) is 1.33. The van der Waals surface area contributed by atoms with E-state index in [1.165, 1.54) is 18.2 Å². The summed E-state index contributed by atoms with van der Waals surface area (Å²) in [6.45, 7) is 5.47. The molecule has 1 saturated heterocycles. The van der Waals surface area contributed by atoms with Crippen molar-refractivity contribution < 1.29 is 18.7 Å². The van der Waals surface area contributed by atoms with E-state index in [0.717, 1.165) is 44.5 Å². The molecule has 0 bridgehead atoms. The highest BCUT2D eigenvalue weighted by Crippen LogP contribution is 2.24. The molecule has 5 nitrogen and oxygen atoms in total. The molecule has 0 saturated carbocycles. The Balaban J connectivity index is 1.40. The number of carbonyl (C=O) groups is 2. The zero-order valence-electron chi connectivity index (χ0n) is 18.9. The molecule has 3 rings (SSSR count). The molecule has 0 spiro atoms. The fraction of sp³-hybridized carbons (Fsp3) is 0.385. The summed E-state index contributed by atoms with van der Waals surface area (Å²) in [5, 5.41) is 3.48. The second-order valence-corrected chi connectivity index (χ2v) is 8.58. The molecule has 1 amide bonds. The highest BCUT2D eigenvalue weighted by atomic mass is 35.5. The van der Waals surface area contributed by atoms with Gasteiger partial charge in [-0.05, 0) is 80.9 Å². The van der Waals surface area contributed by atoms with Crippen LogP contribution < -0.4 is 10.1 Å². The van der Waals surface area contributed by atoms with Crippen molar-refractivity contribution in [3.8, 4) is 5.75 Å². The van der Waals surface area contributed by atoms with Gasteiger partial charge in [-0.2, -0.15) is 0 Å². The molecule has 176 valence electrons. The Morgan fingerprint density at radius 1 is 1.18 bits per heavy atom. The van der Waals surface area contributed by atoms with Gasteiger partial charge in [0.05, 0.1) is 6.61 Å². The Bertz CT molecular complexity index is 970. The number of nitrogens with zero attached hydrogens (tertiary/aromatic N) is 1. The Kier molecular flexibility index (Phi) is 9.46. The predicted molar refractivity (Wildman–Crippen MR) is 129 cm³/mol. The van der Waals surface area contributed by atoms with Crippen molar-refractivity contribution in [2.75, 3.05) is 32.8 Å². The molecule has 0 radical (unpaired) electrons. The fourth-order valence-corrected chi connectivity index (χ4v) is 4.00. The zero-order valence-corrected chi connectivity index (χ0v) is 19.6. The van der Waals surface area contributed by atoms with E-state index in [1.54, 1.807) is 36.4 Å². The molecule has 1 fully saturated rings. The van der Waals surface area contributed by atoms with Crippen LogP contribution in [-0.4, -0.2) is 49.4 Å². The molecule has 1 aliphatic heterocycles. The Morgan fingerprint density at radius 3 is 2.61 bits per heavy atom. The van der Waals surface area contributed by atoms with Crippen molar-refractivity contribution in [1.29, 1.82) is 0 Å². The molecule has 2 aromatic rings. The van der Waals surface area contributed by atoms with Crippen molar-refractivity contribution in [3.05, 3.63) is 70.5 Å². The third-order valence-corrected chi connectivity index (χ3v) is 5.90. The van der Waals surface area contributed by atoms with Gasteiger partial charge in [0, 0.05) is 41.2 Å². The first-order valence-corrected chi connectivity index (χ1v) is 11.7. The SMILES string of the molecule is CCCOc1ccc(Cl)cc1/C=C/C(=O)NCCN1CCC(C(=O)c2ccc(F)cc2)CC1. The number of hydrogen-bond acceptors (Lipinski definition) is 4. The number of piperidine rings is 1. The number of ether oxygens (including phenoxy) is 1. The number of ketones is 1. The Labute approximate surface area is 199 Å². The van der Waals surface area contributed by atoms with Crippen LogP contribution in [0, 0.1) is 11.7 Å². The number of benzene rings is 2. The lowest BCUT2D eigenvalue weighted by atomic mass is 9.89.